The van der Waals surface area contributed by atoms with Gasteiger partial charge >= 0.3 is 5.69 Å². The molecule has 1 aromatic heterocycles. The standard InChI is InChI=1S/C22H25FN4O5/c23-19-4-2-1-3-16(19)12-26(6-5-25-7-9-31-10-8-25)21-11-20(24-15-28)22(27(29)30)18-14-32-13-17(18)21/h1-4,11,13-14,24,28H,5-10,12,15H2. The second-order valence-corrected chi connectivity index (χ2v) is 7.55. The molecule has 9 nitrogen and oxygen atoms in total. The minimum atomic E-state index is -0.505. The van der Waals surface area contributed by atoms with Crippen molar-refractivity contribution in [3.05, 3.63) is 64.4 Å². The molecule has 1 aliphatic heterocycles. The van der Waals surface area contributed by atoms with Crippen molar-refractivity contribution in [3.8, 4) is 0 Å². The number of benzene rings is 2. The van der Waals surface area contributed by atoms with Gasteiger partial charge in [-0.05, 0) is 12.1 Å². The summed E-state index contributed by atoms with van der Waals surface area (Å²) < 4.78 is 25.2. The molecule has 0 unspecified atom stereocenters. The van der Waals surface area contributed by atoms with Crippen molar-refractivity contribution in [2.75, 3.05) is 56.3 Å². The van der Waals surface area contributed by atoms with Crippen molar-refractivity contribution in [2.24, 2.45) is 0 Å². The van der Waals surface area contributed by atoms with E-state index >= 15 is 0 Å². The molecule has 0 bridgehead atoms. The molecule has 0 aliphatic carbocycles. The van der Waals surface area contributed by atoms with E-state index in [1.165, 1.54) is 18.6 Å². The summed E-state index contributed by atoms with van der Waals surface area (Å²) in [6.45, 7) is 4.04. The van der Waals surface area contributed by atoms with Crippen LogP contribution in [0.4, 0.5) is 21.5 Å². The minimum absolute atomic E-state index is 0.173. The van der Waals surface area contributed by atoms with E-state index in [1.807, 2.05) is 4.90 Å². The normalized spacial score (nSPS) is 14.6. The first-order valence-corrected chi connectivity index (χ1v) is 10.4. The van der Waals surface area contributed by atoms with Gasteiger partial charge in [-0.25, -0.2) is 4.39 Å². The summed E-state index contributed by atoms with van der Waals surface area (Å²) in [5, 5.41) is 24.6. The Morgan fingerprint density at radius 1 is 1.22 bits per heavy atom. The summed E-state index contributed by atoms with van der Waals surface area (Å²) in [4.78, 5) is 15.5. The van der Waals surface area contributed by atoms with E-state index in [0.29, 0.717) is 41.8 Å². The summed E-state index contributed by atoms with van der Waals surface area (Å²) in [6, 6.07) is 8.17. The molecule has 4 rings (SSSR count). The lowest BCUT2D eigenvalue weighted by molar-refractivity contribution is -0.382. The first kappa shape index (κ1) is 22.0. The van der Waals surface area contributed by atoms with Crippen LogP contribution in [0.5, 0.6) is 0 Å². The fraction of sp³-hybridized carbons (Fsp3) is 0.364. The van der Waals surface area contributed by atoms with Crippen molar-refractivity contribution < 1.29 is 23.6 Å². The van der Waals surface area contributed by atoms with Crippen LogP contribution in [0.25, 0.3) is 10.8 Å². The van der Waals surface area contributed by atoms with Gasteiger partial charge in [-0.2, -0.15) is 0 Å². The lowest BCUT2D eigenvalue weighted by Gasteiger charge is -2.32. The Labute approximate surface area is 184 Å². The van der Waals surface area contributed by atoms with Crippen LogP contribution in [-0.4, -0.2) is 61.1 Å². The molecule has 32 heavy (non-hydrogen) atoms. The zero-order valence-electron chi connectivity index (χ0n) is 17.5. The molecule has 10 heteroatoms. The SMILES string of the molecule is O=[N+]([O-])c1c(NCO)cc(N(CCN2CCOCC2)Cc2ccccc2F)c2cocc12. The third-order valence-electron chi connectivity index (χ3n) is 5.63. The lowest BCUT2D eigenvalue weighted by Crippen LogP contribution is -2.41. The predicted molar refractivity (Wildman–Crippen MR) is 118 cm³/mol. The fourth-order valence-corrected chi connectivity index (χ4v) is 3.99. The highest BCUT2D eigenvalue weighted by atomic mass is 19.1. The number of halogens is 1. The topological polar surface area (TPSA) is 104 Å². The number of nitro groups is 1. The second-order valence-electron chi connectivity index (χ2n) is 7.55. The zero-order valence-corrected chi connectivity index (χ0v) is 17.5. The number of hydrogen-bond acceptors (Lipinski definition) is 8. The van der Waals surface area contributed by atoms with E-state index in [4.69, 9.17) is 9.15 Å². The zero-order chi connectivity index (χ0) is 22.5. The molecular formula is C22H25FN4O5. The Bertz CT molecular complexity index is 1080. The highest BCUT2D eigenvalue weighted by Gasteiger charge is 2.26. The van der Waals surface area contributed by atoms with Gasteiger partial charge in [0.2, 0.25) is 0 Å². The smallest absolute Gasteiger partial charge is 0.303 e. The number of nitrogens with zero attached hydrogens (tertiary/aromatic N) is 3. The number of aliphatic hydroxyl groups is 1. The van der Waals surface area contributed by atoms with Gasteiger partial charge in [0, 0.05) is 38.3 Å². The minimum Gasteiger partial charge on any atom is -0.471 e. The Hall–Kier alpha value is -3.21. The van der Waals surface area contributed by atoms with E-state index in [2.05, 4.69) is 10.2 Å². The van der Waals surface area contributed by atoms with Gasteiger partial charge < -0.3 is 24.5 Å². The Balaban J connectivity index is 1.75. The predicted octanol–water partition coefficient (Wildman–Crippen LogP) is 3.18. The third kappa shape index (κ3) is 4.67. The molecule has 2 heterocycles. The van der Waals surface area contributed by atoms with Crippen molar-refractivity contribution in [1.82, 2.24) is 4.90 Å². The number of morpholine rings is 1. The van der Waals surface area contributed by atoms with Gasteiger partial charge in [0.15, 0.2) is 0 Å². The first-order valence-electron chi connectivity index (χ1n) is 10.4. The van der Waals surface area contributed by atoms with Crippen LogP contribution in [0.1, 0.15) is 5.56 Å². The Kier molecular flexibility index (Phi) is 6.84. The molecule has 1 fully saturated rings. The molecule has 1 aliphatic rings. The van der Waals surface area contributed by atoms with Crippen LogP contribution in [0.15, 0.2) is 47.3 Å². The first-order chi connectivity index (χ1) is 15.6. The van der Waals surface area contributed by atoms with Crippen molar-refractivity contribution >= 4 is 27.8 Å². The third-order valence-corrected chi connectivity index (χ3v) is 5.63. The number of aliphatic hydroxyl groups excluding tert-OH is 1. The highest BCUT2D eigenvalue weighted by Crippen LogP contribution is 2.41. The van der Waals surface area contributed by atoms with Gasteiger partial charge in [0.05, 0.1) is 29.2 Å². The molecular weight excluding hydrogens is 419 g/mol. The molecule has 3 aromatic rings. The molecule has 0 atom stereocenters. The van der Waals surface area contributed by atoms with E-state index in [9.17, 15) is 19.6 Å². The maximum absolute atomic E-state index is 14.5. The summed E-state index contributed by atoms with van der Waals surface area (Å²) in [6.07, 6.45) is 2.78. The number of furan rings is 1. The average molecular weight is 444 g/mol. The molecule has 170 valence electrons. The molecule has 0 radical (unpaired) electrons. The van der Waals surface area contributed by atoms with Crippen LogP contribution in [0, 0.1) is 15.9 Å². The molecule has 0 spiro atoms. The maximum Gasteiger partial charge on any atom is 0.303 e. The number of fused-ring (bicyclic) bond motifs is 1. The monoisotopic (exact) mass is 444 g/mol. The summed E-state index contributed by atoms with van der Waals surface area (Å²) in [7, 11) is 0. The average Bonchev–Trinajstić information content (AvgIpc) is 3.27. The van der Waals surface area contributed by atoms with Crippen molar-refractivity contribution in [3.63, 3.8) is 0 Å². The molecule has 0 saturated carbocycles. The van der Waals surface area contributed by atoms with E-state index in [0.717, 1.165) is 19.6 Å². The van der Waals surface area contributed by atoms with Gasteiger partial charge in [-0.15, -0.1) is 0 Å². The molecule has 1 saturated heterocycles. The van der Waals surface area contributed by atoms with Crippen LogP contribution in [0.2, 0.25) is 0 Å². The largest absolute Gasteiger partial charge is 0.471 e. The molecule has 2 N–H and O–H groups in total. The van der Waals surface area contributed by atoms with Crippen molar-refractivity contribution in [2.45, 2.75) is 6.54 Å². The summed E-state index contributed by atoms with van der Waals surface area (Å²) in [5.41, 5.74) is 1.17. The van der Waals surface area contributed by atoms with Gasteiger partial charge in [0.1, 0.15) is 36.1 Å². The Morgan fingerprint density at radius 2 is 1.97 bits per heavy atom. The summed E-state index contributed by atoms with van der Waals surface area (Å²) in [5.74, 6) is -0.317. The van der Waals surface area contributed by atoms with E-state index < -0.39 is 11.7 Å². The van der Waals surface area contributed by atoms with Gasteiger partial charge in [-0.1, -0.05) is 18.2 Å². The number of hydrogen-bond donors (Lipinski definition) is 2. The second kappa shape index (κ2) is 9.94. The fourth-order valence-electron chi connectivity index (χ4n) is 3.99. The molecule has 2 aromatic carbocycles. The number of nitro benzene ring substituents is 1. The van der Waals surface area contributed by atoms with Crippen LogP contribution < -0.4 is 10.2 Å². The van der Waals surface area contributed by atoms with Gasteiger partial charge in [-0.3, -0.25) is 15.0 Å². The highest BCUT2D eigenvalue weighted by molar-refractivity contribution is 6.04. The number of ether oxygens (including phenoxy) is 1. The molecule has 0 amide bonds. The number of nitrogens with one attached hydrogen (secondary N) is 1. The lowest BCUT2D eigenvalue weighted by atomic mass is 10.1. The van der Waals surface area contributed by atoms with Crippen LogP contribution >= 0.6 is 0 Å². The Morgan fingerprint density at radius 3 is 2.69 bits per heavy atom. The quantitative estimate of drug-likeness (QED) is 0.295. The van der Waals surface area contributed by atoms with Crippen LogP contribution in [-0.2, 0) is 11.3 Å². The summed E-state index contributed by atoms with van der Waals surface area (Å²) >= 11 is 0. The van der Waals surface area contributed by atoms with Crippen LogP contribution in [0.3, 0.4) is 0 Å². The number of rotatable bonds is 9. The number of anilines is 2. The van der Waals surface area contributed by atoms with Crippen molar-refractivity contribution in [1.29, 1.82) is 0 Å². The van der Waals surface area contributed by atoms with E-state index in [-0.39, 0.29) is 23.7 Å². The maximum atomic E-state index is 14.5. The van der Waals surface area contributed by atoms with Gasteiger partial charge in [0.25, 0.3) is 0 Å². The van der Waals surface area contributed by atoms with E-state index in [1.54, 1.807) is 24.3 Å².